The Balaban J connectivity index is 2.31. The number of amides is 1. The number of carbonyl (C=O) groups excluding carboxylic acids is 1. The molecule has 4 nitrogen and oxygen atoms in total. The van der Waals surface area contributed by atoms with Gasteiger partial charge < -0.3 is 10.4 Å². The summed E-state index contributed by atoms with van der Waals surface area (Å²) in [5.41, 5.74) is 0.735. The van der Waals surface area contributed by atoms with E-state index in [-0.39, 0.29) is 21.8 Å². The average molecular weight is 308 g/mol. The summed E-state index contributed by atoms with van der Waals surface area (Å²) in [5, 5.41) is 11.5. The molecule has 0 fully saturated rings. The minimum absolute atomic E-state index is 0.0671. The molecule has 108 valence electrons. The lowest BCUT2D eigenvalue weighted by Gasteiger charge is -2.08. The van der Waals surface area contributed by atoms with E-state index in [0.717, 1.165) is 5.56 Å². The molecule has 0 spiro atoms. The Morgan fingerprint density at radius 3 is 2.57 bits per heavy atom. The summed E-state index contributed by atoms with van der Waals surface area (Å²) in [6, 6.07) is 8.05. The van der Waals surface area contributed by atoms with Gasteiger partial charge in [-0.3, -0.25) is 4.79 Å². The molecule has 0 aromatic heterocycles. The topological polar surface area (TPSA) is 66.4 Å². The summed E-state index contributed by atoms with van der Waals surface area (Å²) in [4.78, 5) is 23.0. The first-order valence-corrected chi connectivity index (χ1v) is 6.36. The maximum absolute atomic E-state index is 13.6. The van der Waals surface area contributed by atoms with Crippen molar-refractivity contribution in [2.24, 2.45) is 0 Å². The van der Waals surface area contributed by atoms with Crippen LogP contribution in [-0.4, -0.2) is 17.0 Å². The zero-order chi connectivity index (χ0) is 15.6. The van der Waals surface area contributed by atoms with E-state index >= 15 is 0 Å². The van der Waals surface area contributed by atoms with Crippen LogP contribution in [0.25, 0.3) is 0 Å². The molecular weight excluding hydrogens is 297 g/mol. The van der Waals surface area contributed by atoms with Crippen LogP contribution in [0.3, 0.4) is 0 Å². The fourth-order valence-electron chi connectivity index (χ4n) is 1.80. The summed E-state index contributed by atoms with van der Waals surface area (Å²) >= 11 is 5.79. The third-order valence-corrected chi connectivity index (χ3v) is 2.99. The standard InChI is InChI=1S/C15H11ClFNO3/c1-8-2-3-13(17)12(4-8)14(19)18-11-6-9(15(20)21)5-10(16)7-11/h2-7H,1H3,(H,18,19)(H,20,21). The molecule has 0 atom stereocenters. The van der Waals surface area contributed by atoms with Gasteiger partial charge in [-0.25, -0.2) is 9.18 Å². The second-order valence-corrected chi connectivity index (χ2v) is 4.91. The molecule has 0 aliphatic rings. The Morgan fingerprint density at radius 1 is 1.19 bits per heavy atom. The van der Waals surface area contributed by atoms with Gasteiger partial charge in [0.2, 0.25) is 0 Å². The molecule has 0 aliphatic carbocycles. The van der Waals surface area contributed by atoms with Crippen molar-refractivity contribution in [2.45, 2.75) is 6.92 Å². The van der Waals surface area contributed by atoms with Gasteiger partial charge in [-0.1, -0.05) is 23.2 Å². The van der Waals surface area contributed by atoms with Gasteiger partial charge in [0.05, 0.1) is 11.1 Å². The van der Waals surface area contributed by atoms with Gasteiger partial charge in [-0.2, -0.15) is 0 Å². The van der Waals surface area contributed by atoms with Crippen molar-refractivity contribution in [1.29, 1.82) is 0 Å². The molecule has 2 aromatic carbocycles. The van der Waals surface area contributed by atoms with E-state index in [4.69, 9.17) is 16.7 Å². The number of hydrogen-bond donors (Lipinski definition) is 2. The number of carbonyl (C=O) groups is 2. The number of nitrogens with one attached hydrogen (secondary N) is 1. The fourth-order valence-corrected chi connectivity index (χ4v) is 2.03. The van der Waals surface area contributed by atoms with E-state index in [9.17, 15) is 14.0 Å². The molecule has 2 aromatic rings. The minimum Gasteiger partial charge on any atom is -0.478 e. The van der Waals surface area contributed by atoms with E-state index in [1.807, 2.05) is 0 Å². The van der Waals surface area contributed by atoms with Crippen LogP contribution >= 0.6 is 11.6 Å². The van der Waals surface area contributed by atoms with Crippen molar-refractivity contribution in [3.8, 4) is 0 Å². The van der Waals surface area contributed by atoms with Gasteiger partial charge in [0.15, 0.2) is 0 Å². The summed E-state index contributed by atoms with van der Waals surface area (Å²) < 4.78 is 13.6. The molecule has 2 rings (SSSR count). The van der Waals surface area contributed by atoms with Crippen LogP contribution in [0.1, 0.15) is 26.3 Å². The molecule has 0 aliphatic heterocycles. The Labute approximate surface area is 125 Å². The lowest BCUT2D eigenvalue weighted by Crippen LogP contribution is -2.14. The highest BCUT2D eigenvalue weighted by atomic mass is 35.5. The number of anilines is 1. The predicted octanol–water partition coefficient (Wildman–Crippen LogP) is 3.74. The number of rotatable bonds is 3. The van der Waals surface area contributed by atoms with E-state index in [1.165, 1.54) is 30.3 Å². The first-order chi connectivity index (χ1) is 9.86. The molecule has 1 amide bonds. The van der Waals surface area contributed by atoms with Gasteiger partial charge in [0.25, 0.3) is 5.91 Å². The van der Waals surface area contributed by atoms with Gasteiger partial charge >= 0.3 is 5.97 Å². The van der Waals surface area contributed by atoms with Crippen LogP contribution in [0.4, 0.5) is 10.1 Å². The van der Waals surface area contributed by atoms with E-state index in [1.54, 1.807) is 13.0 Å². The maximum Gasteiger partial charge on any atom is 0.335 e. The van der Waals surface area contributed by atoms with Gasteiger partial charge in [-0.15, -0.1) is 0 Å². The number of carboxylic acids is 1. The normalized spacial score (nSPS) is 10.2. The van der Waals surface area contributed by atoms with Crippen LogP contribution in [0, 0.1) is 12.7 Å². The molecule has 6 heteroatoms. The smallest absolute Gasteiger partial charge is 0.335 e. The van der Waals surface area contributed by atoms with Crippen LogP contribution in [0.15, 0.2) is 36.4 Å². The maximum atomic E-state index is 13.6. The zero-order valence-corrected chi connectivity index (χ0v) is 11.7. The summed E-state index contributed by atoms with van der Waals surface area (Å²) in [5.74, 6) is -2.50. The van der Waals surface area contributed by atoms with Gasteiger partial charge in [0, 0.05) is 10.7 Å². The SMILES string of the molecule is Cc1ccc(F)c(C(=O)Nc2cc(Cl)cc(C(=O)O)c2)c1. The lowest BCUT2D eigenvalue weighted by atomic mass is 10.1. The second-order valence-electron chi connectivity index (χ2n) is 4.47. The average Bonchev–Trinajstić information content (AvgIpc) is 2.40. The monoisotopic (exact) mass is 307 g/mol. The van der Waals surface area contributed by atoms with Crippen LogP contribution in [-0.2, 0) is 0 Å². The van der Waals surface area contributed by atoms with Crippen molar-refractivity contribution in [3.05, 3.63) is 63.9 Å². The van der Waals surface area contributed by atoms with Crippen molar-refractivity contribution in [2.75, 3.05) is 5.32 Å². The Hall–Kier alpha value is -2.40. The number of benzene rings is 2. The number of carboxylic acid groups (broad SMARTS) is 1. The Kier molecular flexibility index (Phi) is 4.23. The van der Waals surface area contributed by atoms with Crippen molar-refractivity contribution in [1.82, 2.24) is 0 Å². The summed E-state index contributed by atoms with van der Waals surface area (Å²) in [6.07, 6.45) is 0. The van der Waals surface area contributed by atoms with Crippen molar-refractivity contribution in [3.63, 3.8) is 0 Å². The third kappa shape index (κ3) is 3.58. The molecule has 0 bridgehead atoms. The molecule has 0 saturated heterocycles. The van der Waals surface area contributed by atoms with Crippen molar-refractivity contribution < 1.29 is 19.1 Å². The number of aromatic carboxylic acids is 1. The molecule has 0 saturated carbocycles. The van der Waals surface area contributed by atoms with Gasteiger partial charge in [-0.05, 0) is 37.3 Å². The molecule has 2 N–H and O–H groups in total. The third-order valence-electron chi connectivity index (χ3n) is 2.77. The van der Waals surface area contributed by atoms with Crippen LogP contribution in [0.2, 0.25) is 5.02 Å². The molecule has 0 heterocycles. The van der Waals surface area contributed by atoms with E-state index < -0.39 is 17.7 Å². The fraction of sp³-hybridized carbons (Fsp3) is 0.0667. The van der Waals surface area contributed by atoms with Crippen molar-refractivity contribution >= 4 is 29.2 Å². The largest absolute Gasteiger partial charge is 0.478 e. The summed E-state index contributed by atoms with van der Waals surface area (Å²) in [6.45, 7) is 1.73. The van der Waals surface area contributed by atoms with Crippen LogP contribution in [0.5, 0.6) is 0 Å². The first kappa shape index (κ1) is 15.0. The highest BCUT2D eigenvalue weighted by Crippen LogP contribution is 2.20. The molecular formula is C15H11ClFNO3. The predicted molar refractivity (Wildman–Crippen MR) is 77.5 cm³/mol. The molecule has 0 radical (unpaired) electrons. The minimum atomic E-state index is -1.17. The number of aryl methyl sites for hydroxylation is 1. The Bertz CT molecular complexity index is 731. The van der Waals surface area contributed by atoms with E-state index in [2.05, 4.69) is 5.32 Å². The quantitative estimate of drug-likeness (QED) is 0.907. The zero-order valence-electron chi connectivity index (χ0n) is 11.0. The number of hydrogen-bond acceptors (Lipinski definition) is 2. The van der Waals surface area contributed by atoms with E-state index in [0.29, 0.717) is 0 Å². The second kappa shape index (κ2) is 5.93. The highest BCUT2D eigenvalue weighted by molar-refractivity contribution is 6.31. The highest BCUT2D eigenvalue weighted by Gasteiger charge is 2.14. The summed E-state index contributed by atoms with van der Waals surface area (Å²) in [7, 11) is 0. The van der Waals surface area contributed by atoms with Crippen LogP contribution < -0.4 is 5.32 Å². The molecule has 0 unspecified atom stereocenters. The van der Waals surface area contributed by atoms with Gasteiger partial charge in [0.1, 0.15) is 5.82 Å². The lowest BCUT2D eigenvalue weighted by molar-refractivity contribution is 0.0696. The Morgan fingerprint density at radius 2 is 1.90 bits per heavy atom. The first-order valence-electron chi connectivity index (χ1n) is 5.98. The molecule has 21 heavy (non-hydrogen) atoms. The number of halogens is 2.